The van der Waals surface area contributed by atoms with Gasteiger partial charge in [-0.3, -0.25) is 4.72 Å². The standard InChI is InChI=1S/C14H12N2O4S3/c1-22(17,18)10-5-4-6-11(9-10)23(19,20)16-14-15-12-7-2-3-8-13(12)21-14/h2-9H,1H3,(H,15,16). The molecule has 1 N–H and O–H groups in total. The van der Waals surface area contributed by atoms with Crippen molar-refractivity contribution in [3.8, 4) is 0 Å². The van der Waals surface area contributed by atoms with Crippen molar-refractivity contribution in [2.75, 3.05) is 11.0 Å². The molecule has 1 heterocycles. The van der Waals surface area contributed by atoms with Crippen LogP contribution in [0.3, 0.4) is 0 Å². The van der Waals surface area contributed by atoms with Crippen LogP contribution in [0.25, 0.3) is 10.2 Å². The molecule has 0 atom stereocenters. The van der Waals surface area contributed by atoms with Gasteiger partial charge < -0.3 is 0 Å². The Balaban J connectivity index is 1.98. The highest BCUT2D eigenvalue weighted by atomic mass is 32.2. The maximum Gasteiger partial charge on any atom is 0.263 e. The van der Waals surface area contributed by atoms with Crippen LogP contribution in [0.4, 0.5) is 5.13 Å². The quantitative estimate of drug-likeness (QED) is 0.764. The lowest BCUT2D eigenvalue weighted by molar-refractivity contribution is 0.599. The molecule has 0 aliphatic rings. The summed E-state index contributed by atoms with van der Waals surface area (Å²) < 4.78 is 51.2. The van der Waals surface area contributed by atoms with Crippen LogP contribution in [0.5, 0.6) is 0 Å². The Morgan fingerprint density at radius 1 is 0.957 bits per heavy atom. The molecule has 3 rings (SSSR count). The molecule has 0 aliphatic heterocycles. The first kappa shape index (κ1) is 15.9. The van der Waals surface area contributed by atoms with Crippen molar-refractivity contribution in [1.29, 1.82) is 0 Å². The molecule has 6 nitrogen and oxygen atoms in total. The van der Waals surface area contributed by atoms with Crippen LogP contribution in [0, 0.1) is 0 Å². The number of para-hydroxylation sites is 1. The summed E-state index contributed by atoms with van der Waals surface area (Å²) in [5.41, 5.74) is 0.695. The van der Waals surface area contributed by atoms with Gasteiger partial charge in [0.25, 0.3) is 10.0 Å². The zero-order valence-corrected chi connectivity index (χ0v) is 14.4. The average Bonchev–Trinajstić information content (AvgIpc) is 2.88. The number of benzene rings is 2. The van der Waals surface area contributed by atoms with Gasteiger partial charge in [-0.1, -0.05) is 29.5 Å². The fourth-order valence-corrected chi connectivity index (χ4v) is 4.85. The maximum absolute atomic E-state index is 12.4. The van der Waals surface area contributed by atoms with Gasteiger partial charge >= 0.3 is 0 Å². The highest BCUT2D eigenvalue weighted by molar-refractivity contribution is 7.93. The van der Waals surface area contributed by atoms with Crippen LogP contribution in [-0.4, -0.2) is 28.1 Å². The summed E-state index contributed by atoms with van der Waals surface area (Å²) in [4.78, 5) is 4.03. The highest BCUT2D eigenvalue weighted by Crippen LogP contribution is 2.27. The lowest BCUT2D eigenvalue weighted by Crippen LogP contribution is -2.13. The van der Waals surface area contributed by atoms with E-state index < -0.39 is 19.9 Å². The smallest absolute Gasteiger partial charge is 0.255 e. The summed E-state index contributed by atoms with van der Waals surface area (Å²) in [5, 5.41) is 0.232. The van der Waals surface area contributed by atoms with Crippen molar-refractivity contribution >= 4 is 46.5 Å². The number of nitrogens with one attached hydrogen (secondary N) is 1. The van der Waals surface area contributed by atoms with Crippen molar-refractivity contribution in [3.05, 3.63) is 48.5 Å². The van der Waals surface area contributed by atoms with Crippen molar-refractivity contribution in [2.24, 2.45) is 0 Å². The topological polar surface area (TPSA) is 93.2 Å². The summed E-state index contributed by atoms with van der Waals surface area (Å²) in [6.07, 6.45) is 1.03. The fraction of sp³-hybridized carbons (Fsp3) is 0.0714. The number of hydrogen-bond donors (Lipinski definition) is 1. The Labute approximate surface area is 137 Å². The van der Waals surface area contributed by atoms with Gasteiger partial charge in [-0.25, -0.2) is 21.8 Å². The lowest BCUT2D eigenvalue weighted by Gasteiger charge is -2.06. The Hall–Kier alpha value is -1.97. The normalized spacial score (nSPS) is 12.4. The first-order chi connectivity index (χ1) is 10.8. The molecular weight excluding hydrogens is 356 g/mol. The molecule has 0 saturated carbocycles. The van der Waals surface area contributed by atoms with Crippen LogP contribution < -0.4 is 4.72 Å². The minimum atomic E-state index is -3.91. The number of anilines is 1. The van der Waals surface area contributed by atoms with Crippen molar-refractivity contribution < 1.29 is 16.8 Å². The van der Waals surface area contributed by atoms with Gasteiger partial charge in [0.05, 0.1) is 20.0 Å². The van der Waals surface area contributed by atoms with Crippen molar-refractivity contribution in [1.82, 2.24) is 4.98 Å². The number of sulfonamides is 1. The van der Waals surface area contributed by atoms with E-state index in [0.717, 1.165) is 17.0 Å². The maximum atomic E-state index is 12.4. The third kappa shape index (κ3) is 3.36. The molecule has 0 saturated heterocycles. The Kier molecular flexibility index (Phi) is 3.86. The predicted molar refractivity (Wildman–Crippen MR) is 90.0 cm³/mol. The zero-order chi connectivity index (χ0) is 16.7. The van der Waals surface area contributed by atoms with E-state index >= 15 is 0 Å². The summed E-state index contributed by atoms with van der Waals surface area (Å²) in [6, 6.07) is 12.5. The van der Waals surface area contributed by atoms with Gasteiger partial charge in [0.15, 0.2) is 15.0 Å². The van der Waals surface area contributed by atoms with Crippen LogP contribution in [0.15, 0.2) is 58.3 Å². The van der Waals surface area contributed by atoms with Gasteiger partial charge in [-0.05, 0) is 30.3 Å². The number of sulfone groups is 1. The van der Waals surface area contributed by atoms with E-state index in [1.54, 1.807) is 6.07 Å². The van der Waals surface area contributed by atoms with E-state index in [2.05, 4.69) is 9.71 Å². The molecule has 3 aromatic rings. The van der Waals surface area contributed by atoms with Crippen molar-refractivity contribution in [2.45, 2.75) is 9.79 Å². The molecule has 0 spiro atoms. The number of fused-ring (bicyclic) bond motifs is 1. The Morgan fingerprint density at radius 3 is 2.35 bits per heavy atom. The summed E-state index contributed by atoms with van der Waals surface area (Å²) >= 11 is 1.21. The molecule has 0 unspecified atom stereocenters. The minimum Gasteiger partial charge on any atom is -0.255 e. The van der Waals surface area contributed by atoms with Crippen LogP contribution >= 0.6 is 11.3 Å². The SMILES string of the molecule is CS(=O)(=O)c1cccc(S(=O)(=O)Nc2nc3ccccc3s2)c1. The van der Waals surface area contributed by atoms with Crippen molar-refractivity contribution in [3.63, 3.8) is 0 Å². The second kappa shape index (κ2) is 5.59. The van der Waals surface area contributed by atoms with Gasteiger partial charge in [-0.2, -0.15) is 0 Å². The van der Waals surface area contributed by atoms with Gasteiger partial charge in [0.2, 0.25) is 0 Å². The van der Waals surface area contributed by atoms with Crippen LogP contribution in [0.1, 0.15) is 0 Å². The number of thiazole rings is 1. The van der Waals surface area contributed by atoms with E-state index in [4.69, 9.17) is 0 Å². The second-order valence-corrected chi connectivity index (χ2v) is 9.57. The molecule has 9 heteroatoms. The van der Waals surface area contributed by atoms with Gasteiger partial charge in [0.1, 0.15) is 0 Å². The molecule has 1 aromatic heterocycles. The molecule has 0 fully saturated rings. The first-order valence-electron chi connectivity index (χ1n) is 6.44. The monoisotopic (exact) mass is 368 g/mol. The van der Waals surface area contributed by atoms with Crippen LogP contribution in [0.2, 0.25) is 0 Å². The van der Waals surface area contributed by atoms with Crippen LogP contribution in [-0.2, 0) is 19.9 Å². The number of aromatic nitrogens is 1. The minimum absolute atomic E-state index is 0.0512. The lowest BCUT2D eigenvalue weighted by atomic mass is 10.3. The van der Waals surface area contributed by atoms with E-state index in [1.165, 1.54) is 29.5 Å². The van der Waals surface area contributed by atoms with E-state index in [9.17, 15) is 16.8 Å². The predicted octanol–water partition coefficient (Wildman–Crippen LogP) is 2.50. The largest absolute Gasteiger partial charge is 0.263 e. The molecule has 23 heavy (non-hydrogen) atoms. The zero-order valence-electron chi connectivity index (χ0n) is 11.9. The van der Waals surface area contributed by atoms with E-state index in [1.807, 2.05) is 18.2 Å². The first-order valence-corrected chi connectivity index (χ1v) is 10.6. The summed E-state index contributed by atoms with van der Waals surface area (Å²) in [5.74, 6) is 0. The molecule has 0 amide bonds. The Morgan fingerprint density at radius 2 is 1.65 bits per heavy atom. The summed E-state index contributed by atoms with van der Waals surface area (Å²) in [6.45, 7) is 0. The van der Waals surface area contributed by atoms with E-state index in [0.29, 0.717) is 5.52 Å². The van der Waals surface area contributed by atoms with Gasteiger partial charge in [0, 0.05) is 6.26 Å². The van der Waals surface area contributed by atoms with E-state index in [-0.39, 0.29) is 14.9 Å². The number of nitrogens with zero attached hydrogens (tertiary/aromatic N) is 1. The summed E-state index contributed by atoms with van der Waals surface area (Å²) in [7, 11) is -7.39. The second-order valence-electron chi connectivity index (χ2n) is 4.84. The van der Waals surface area contributed by atoms with Gasteiger partial charge in [-0.15, -0.1) is 0 Å². The molecule has 0 aliphatic carbocycles. The Bertz CT molecular complexity index is 1050. The third-order valence-electron chi connectivity index (χ3n) is 3.06. The molecular formula is C14H12N2O4S3. The third-order valence-corrected chi connectivity index (χ3v) is 6.59. The molecule has 120 valence electrons. The molecule has 0 bridgehead atoms. The average molecular weight is 368 g/mol. The number of hydrogen-bond acceptors (Lipinski definition) is 6. The molecule has 2 aromatic carbocycles. The fourth-order valence-electron chi connectivity index (χ4n) is 1.96. The molecule has 0 radical (unpaired) electrons. The number of rotatable bonds is 4. The highest BCUT2D eigenvalue weighted by Gasteiger charge is 2.19.